The van der Waals surface area contributed by atoms with Gasteiger partial charge in [0.25, 0.3) is 17.1 Å². The van der Waals surface area contributed by atoms with Crippen molar-refractivity contribution in [2.75, 3.05) is 5.32 Å². The minimum absolute atomic E-state index is 0.0671. The Hall–Kier alpha value is -3.23. The molecule has 3 aromatic heterocycles. The van der Waals surface area contributed by atoms with E-state index in [1.165, 1.54) is 28.7 Å². The van der Waals surface area contributed by atoms with Gasteiger partial charge in [0.2, 0.25) is 6.33 Å². The number of hydrogen-bond acceptors (Lipinski definition) is 4. The molecule has 0 aromatic carbocycles. The standard InChI is InChI=1S/C14H14N6O3/c1-18-12-11(13(22)19(2)14(18)23)20(8-16-12)7-10(21)17-9-4-3-5-15-6-9/h3-6,8H,7H2,1-2H3,(H,17,21)/p+1. The second-order valence-corrected chi connectivity index (χ2v) is 5.09. The highest BCUT2D eigenvalue weighted by molar-refractivity contribution is 5.89. The van der Waals surface area contributed by atoms with Crippen LogP contribution in [0.2, 0.25) is 0 Å². The van der Waals surface area contributed by atoms with Gasteiger partial charge in [0.05, 0.1) is 11.9 Å². The van der Waals surface area contributed by atoms with E-state index in [-0.39, 0.29) is 18.0 Å². The minimum Gasteiger partial charge on any atom is -0.321 e. The third kappa shape index (κ3) is 2.52. The molecular weight excluding hydrogens is 300 g/mol. The third-order valence-electron chi connectivity index (χ3n) is 3.54. The van der Waals surface area contributed by atoms with Gasteiger partial charge < -0.3 is 5.32 Å². The summed E-state index contributed by atoms with van der Waals surface area (Å²) in [7, 11) is 2.96. The van der Waals surface area contributed by atoms with Crippen LogP contribution in [0.1, 0.15) is 0 Å². The maximum absolute atomic E-state index is 12.3. The second kappa shape index (κ2) is 5.52. The first-order valence-corrected chi connectivity index (χ1v) is 6.85. The molecule has 9 nitrogen and oxygen atoms in total. The number of nitrogens with one attached hydrogen (secondary N) is 2. The highest BCUT2D eigenvalue weighted by Crippen LogP contribution is 2.02. The van der Waals surface area contributed by atoms with Gasteiger partial charge >= 0.3 is 11.2 Å². The summed E-state index contributed by atoms with van der Waals surface area (Å²) in [6, 6.07) is 3.42. The molecule has 0 saturated heterocycles. The Labute approximate surface area is 129 Å². The van der Waals surface area contributed by atoms with Crippen molar-refractivity contribution >= 4 is 22.8 Å². The van der Waals surface area contributed by atoms with Crippen LogP contribution in [-0.4, -0.2) is 25.0 Å². The first-order chi connectivity index (χ1) is 11.0. The second-order valence-electron chi connectivity index (χ2n) is 5.09. The van der Waals surface area contributed by atoms with Crippen molar-refractivity contribution in [1.82, 2.24) is 19.1 Å². The number of amides is 1. The number of aryl methyl sites for hydroxylation is 1. The van der Waals surface area contributed by atoms with Crippen LogP contribution in [-0.2, 0) is 25.4 Å². The summed E-state index contributed by atoms with van der Waals surface area (Å²) < 4.78 is 3.81. The van der Waals surface area contributed by atoms with Gasteiger partial charge in [0.1, 0.15) is 0 Å². The zero-order valence-corrected chi connectivity index (χ0v) is 12.6. The molecule has 0 spiro atoms. The number of hydrogen-bond donors (Lipinski definition) is 2. The molecule has 0 unspecified atom stereocenters. The molecule has 0 bridgehead atoms. The number of rotatable bonds is 3. The molecule has 0 saturated carbocycles. The molecule has 0 aliphatic heterocycles. The summed E-state index contributed by atoms with van der Waals surface area (Å²) in [5, 5.41) is 2.69. The first-order valence-electron chi connectivity index (χ1n) is 6.85. The predicted octanol–water partition coefficient (Wildman–Crippen LogP) is -1.11. The third-order valence-corrected chi connectivity index (χ3v) is 3.54. The summed E-state index contributed by atoms with van der Waals surface area (Å²) in [6.45, 7) is -0.0671. The quantitative estimate of drug-likeness (QED) is 0.598. The Morgan fingerprint density at radius 2 is 2.13 bits per heavy atom. The molecule has 3 heterocycles. The van der Waals surface area contributed by atoms with Crippen molar-refractivity contribution < 1.29 is 9.36 Å². The van der Waals surface area contributed by atoms with Crippen LogP contribution >= 0.6 is 0 Å². The van der Waals surface area contributed by atoms with E-state index in [1.54, 1.807) is 25.4 Å². The lowest BCUT2D eigenvalue weighted by Gasteiger charge is -2.03. The Kier molecular flexibility index (Phi) is 3.53. The van der Waals surface area contributed by atoms with Gasteiger partial charge in [-0.05, 0) is 12.1 Å². The molecule has 23 heavy (non-hydrogen) atoms. The molecule has 9 heteroatoms. The van der Waals surface area contributed by atoms with Crippen LogP contribution in [0.3, 0.4) is 0 Å². The van der Waals surface area contributed by atoms with Crippen LogP contribution in [0.4, 0.5) is 5.69 Å². The number of imidazole rings is 1. The molecule has 0 aliphatic rings. The Balaban J connectivity index is 1.97. The highest BCUT2D eigenvalue weighted by atomic mass is 16.2. The lowest BCUT2D eigenvalue weighted by molar-refractivity contribution is -0.658. The fraction of sp³-hybridized carbons (Fsp3) is 0.214. The van der Waals surface area contributed by atoms with E-state index in [0.29, 0.717) is 11.3 Å². The van der Waals surface area contributed by atoms with Crippen LogP contribution in [0, 0.1) is 0 Å². The number of aromatic amines is 1. The van der Waals surface area contributed by atoms with Gasteiger partial charge in [-0.2, -0.15) is 0 Å². The van der Waals surface area contributed by atoms with E-state index in [2.05, 4.69) is 15.3 Å². The van der Waals surface area contributed by atoms with Crippen LogP contribution in [0.25, 0.3) is 11.2 Å². The van der Waals surface area contributed by atoms with Gasteiger partial charge in [-0.15, -0.1) is 0 Å². The maximum Gasteiger partial charge on any atom is 0.333 e. The van der Waals surface area contributed by atoms with Gasteiger partial charge in [-0.25, -0.2) is 14.3 Å². The average molecular weight is 315 g/mol. The van der Waals surface area contributed by atoms with E-state index in [1.807, 2.05) is 0 Å². The fourth-order valence-corrected chi connectivity index (χ4v) is 2.37. The lowest BCUT2D eigenvalue weighted by atomic mass is 10.4. The maximum atomic E-state index is 12.3. The number of anilines is 1. The molecule has 3 aromatic rings. The number of pyridine rings is 1. The van der Waals surface area contributed by atoms with Gasteiger partial charge in [-0.1, -0.05) is 0 Å². The van der Waals surface area contributed by atoms with Gasteiger partial charge in [0.15, 0.2) is 6.54 Å². The molecule has 118 valence electrons. The summed E-state index contributed by atoms with van der Waals surface area (Å²) in [6.07, 6.45) is 4.63. The molecule has 0 radical (unpaired) electrons. The normalized spacial score (nSPS) is 10.9. The number of H-pyrrole nitrogens is 1. The predicted molar refractivity (Wildman–Crippen MR) is 81.8 cm³/mol. The van der Waals surface area contributed by atoms with Crippen LogP contribution < -0.4 is 21.1 Å². The summed E-state index contributed by atoms with van der Waals surface area (Å²) in [5.41, 5.74) is 0.302. The molecule has 0 fully saturated rings. The fourth-order valence-electron chi connectivity index (χ4n) is 2.37. The van der Waals surface area contributed by atoms with E-state index in [4.69, 9.17) is 0 Å². The van der Waals surface area contributed by atoms with E-state index in [9.17, 15) is 14.4 Å². The first kappa shape index (κ1) is 14.7. The van der Waals surface area contributed by atoms with E-state index >= 15 is 0 Å². The Morgan fingerprint density at radius 3 is 2.83 bits per heavy atom. The number of nitrogens with zero attached hydrogens (tertiary/aromatic N) is 4. The number of fused-ring (bicyclic) bond motifs is 1. The summed E-state index contributed by atoms with van der Waals surface area (Å²) >= 11 is 0. The molecular formula is C14H15N6O3+. The Bertz CT molecular complexity index is 999. The minimum atomic E-state index is -0.460. The van der Waals surface area contributed by atoms with Crippen molar-refractivity contribution in [3.05, 3.63) is 51.7 Å². The summed E-state index contributed by atoms with van der Waals surface area (Å²) in [4.78, 5) is 43.1. The summed E-state index contributed by atoms with van der Waals surface area (Å²) in [5.74, 6) is -0.306. The largest absolute Gasteiger partial charge is 0.333 e. The Morgan fingerprint density at radius 1 is 1.35 bits per heavy atom. The smallest absolute Gasteiger partial charge is 0.321 e. The highest BCUT2D eigenvalue weighted by Gasteiger charge is 2.21. The van der Waals surface area contributed by atoms with Crippen molar-refractivity contribution in [3.63, 3.8) is 0 Å². The number of aromatic nitrogens is 5. The molecule has 2 N–H and O–H groups in total. The topological polar surface area (TPSA) is 106 Å². The molecule has 1 amide bonds. The van der Waals surface area contributed by atoms with Crippen molar-refractivity contribution in [3.8, 4) is 0 Å². The van der Waals surface area contributed by atoms with Gasteiger partial charge in [0, 0.05) is 20.3 Å². The zero-order chi connectivity index (χ0) is 16.6. The van der Waals surface area contributed by atoms with E-state index < -0.39 is 11.2 Å². The number of carbonyl (C=O) groups is 1. The van der Waals surface area contributed by atoms with Crippen molar-refractivity contribution in [1.29, 1.82) is 0 Å². The van der Waals surface area contributed by atoms with E-state index in [0.717, 1.165) is 4.57 Å². The average Bonchev–Trinajstić information content (AvgIpc) is 2.95. The lowest BCUT2D eigenvalue weighted by Crippen LogP contribution is -2.46. The molecule has 0 atom stereocenters. The number of carbonyl (C=O) groups excluding carboxylic acids is 1. The SMILES string of the molecule is Cn1c(=O)c2c([nH]c[n+]2CC(=O)Nc2cccnc2)n(C)c1=O. The zero-order valence-electron chi connectivity index (χ0n) is 12.6. The van der Waals surface area contributed by atoms with Crippen LogP contribution in [0.5, 0.6) is 0 Å². The van der Waals surface area contributed by atoms with Gasteiger partial charge in [-0.3, -0.25) is 23.7 Å². The van der Waals surface area contributed by atoms with Crippen molar-refractivity contribution in [2.24, 2.45) is 14.1 Å². The molecule has 3 rings (SSSR count). The molecule has 0 aliphatic carbocycles. The monoisotopic (exact) mass is 315 g/mol. The van der Waals surface area contributed by atoms with Crippen molar-refractivity contribution in [2.45, 2.75) is 6.54 Å². The van der Waals surface area contributed by atoms with Crippen LogP contribution in [0.15, 0.2) is 40.4 Å².